The molecule has 0 radical (unpaired) electrons. The Hall–Kier alpha value is -5.43. The zero-order valence-corrected chi connectivity index (χ0v) is 21.6. The minimum atomic E-state index is -0.824. The van der Waals surface area contributed by atoms with Gasteiger partial charge in [-0.3, -0.25) is 9.78 Å². The number of nitrogens with one attached hydrogen (secondary N) is 3. The lowest BCUT2D eigenvalue weighted by molar-refractivity contribution is 0.132. The summed E-state index contributed by atoms with van der Waals surface area (Å²) < 4.78 is 0. The van der Waals surface area contributed by atoms with Gasteiger partial charge in [0.1, 0.15) is 17.8 Å². The molecule has 0 aliphatic carbocycles. The first-order valence-corrected chi connectivity index (χ1v) is 13.0. The number of nitrogens with zero attached hydrogens (tertiary/aromatic N) is 2. The predicted molar refractivity (Wildman–Crippen MR) is 158 cm³/mol. The zero-order chi connectivity index (χ0) is 27.2. The van der Waals surface area contributed by atoms with Gasteiger partial charge in [0.25, 0.3) is 5.56 Å². The van der Waals surface area contributed by atoms with Crippen molar-refractivity contribution >= 4 is 23.2 Å². The third-order valence-corrected chi connectivity index (χ3v) is 6.84. The van der Waals surface area contributed by atoms with Crippen molar-refractivity contribution in [2.45, 2.75) is 12.1 Å². The molecular formula is C33H27N5O2. The Morgan fingerprint density at radius 2 is 1.30 bits per heavy atom. The molecule has 0 amide bonds. The fourth-order valence-electron chi connectivity index (χ4n) is 4.96. The van der Waals surface area contributed by atoms with Gasteiger partial charge < -0.3 is 15.1 Å². The lowest BCUT2D eigenvalue weighted by Crippen LogP contribution is -2.39. The van der Waals surface area contributed by atoms with Crippen molar-refractivity contribution in [1.82, 2.24) is 15.0 Å². The second-order valence-corrected chi connectivity index (χ2v) is 9.35. The van der Waals surface area contributed by atoms with Crippen LogP contribution in [0.3, 0.4) is 0 Å². The number of H-pyrrole nitrogens is 2. The van der Waals surface area contributed by atoms with Crippen molar-refractivity contribution in [3.8, 4) is 0 Å². The zero-order valence-electron chi connectivity index (χ0n) is 21.6. The van der Waals surface area contributed by atoms with E-state index < -0.39 is 5.54 Å². The van der Waals surface area contributed by atoms with E-state index in [0.29, 0.717) is 29.2 Å². The van der Waals surface area contributed by atoms with Gasteiger partial charge in [0.05, 0.1) is 11.6 Å². The number of hydrogen-bond donors (Lipinski definition) is 3. The third kappa shape index (κ3) is 4.88. The first-order valence-electron chi connectivity index (χ1n) is 13.0. The van der Waals surface area contributed by atoms with Crippen LogP contribution in [0, 0.1) is 0 Å². The molecule has 0 fully saturated rings. The monoisotopic (exact) mass is 525 g/mol. The molecule has 2 aromatic heterocycles. The minimum absolute atomic E-state index is 0.290. The van der Waals surface area contributed by atoms with Crippen molar-refractivity contribution in [1.29, 1.82) is 0 Å². The largest absolute Gasteiger partial charge is 0.391 e. The molecule has 6 rings (SSSR count). The van der Waals surface area contributed by atoms with E-state index in [2.05, 4.69) is 56.8 Å². The van der Waals surface area contributed by atoms with Crippen LogP contribution in [0.1, 0.15) is 27.8 Å². The highest BCUT2D eigenvalue weighted by molar-refractivity contribution is 5.97. The molecule has 0 aliphatic heterocycles. The van der Waals surface area contributed by atoms with Gasteiger partial charge in [-0.2, -0.15) is 4.98 Å². The molecule has 2 heterocycles. The van der Waals surface area contributed by atoms with Gasteiger partial charge in [-0.25, -0.2) is 0 Å². The Labute approximate surface area is 231 Å². The summed E-state index contributed by atoms with van der Waals surface area (Å²) in [6.45, 7) is 0.336. The van der Waals surface area contributed by atoms with Gasteiger partial charge in [0, 0.05) is 11.8 Å². The number of oxime groups is 1. The summed E-state index contributed by atoms with van der Waals surface area (Å²) >= 11 is 0. The maximum absolute atomic E-state index is 13.4. The van der Waals surface area contributed by atoms with Crippen molar-refractivity contribution in [3.05, 3.63) is 166 Å². The molecule has 7 heteroatoms. The molecule has 0 saturated carbocycles. The number of hydrogen-bond acceptors (Lipinski definition) is 5. The van der Waals surface area contributed by atoms with Crippen LogP contribution in [0.15, 0.2) is 137 Å². The molecule has 40 heavy (non-hydrogen) atoms. The van der Waals surface area contributed by atoms with E-state index in [9.17, 15) is 4.79 Å². The summed E-state index contributed by atoms with van der Waals surface area (Å²) in [7, 11) is 0. The quantitative estimate of drug-likeness (QED) is 0.119. The molecule has 6 aromatic rings. The molecule has 7 nitrogen and oxygen atoms in total. The number of aromatic amines is 2. The lowest BCUT2D eigenvalue weighted by atomic mass is 9.77. The van der Waals surface area contributed by atoms with E-state index in [-0.39, 0.29) is 5.56 Å². The second kappa shape index (κ2) is 11.1. The van der Waals surface area contributed by atoms with E-state index >= 15 is 0 Å². The normalized spacial score (nSPS) is 11.6. The highest BCUT2D eigenvalue weighted by Gasteiger charge is 2.37. The predicted octanol–water partition coefficient (Wildman–Crippen LogP) is 6.21. The van der Waals surface area contributed by atoms with Gasteiger partial charge in [0.15, 0.2) is 0 Å². The van der Waals surface area contributed by atoms with Crippen molar-refractivity contribution < 1.29 is 4.84 Å². The lowest BCUT2D eigenvalue weighted by Gasteiger charge is -2.37. The first-order chi connectivity index (χ1) is 19.7. The molecule has 0 bridgehead atoms. The molecular weight excluding hydrogens is 498 g/mol. The Bertz CT molecular complexity index is 1680. The summed E-state index contributed by atoms with van der Waals surface area (Å²) in [5.74, 6) is 0.333. The maximum atomic E-state index is 13.4. The summed E-state index contributed by atoms with van der Waals surface area (Å²) in [6.07, 6.45) is 3.22. The van der Waals surface area contributed by atoms with Gasteiger partial charge in [-0.05, 0) is 22.3 Å². The molecule has 0 saturated heterocycles. The topological polar surface area (TPSA) is 95.2 Å². The number of fused-ring (bicyclic) bond motifs is 1. The van der Waals surface area contributed by atoms with Crippen molar-refractivity contribution in [2.24, 2.45) is 5.16 Å². The van der Waals surface area contributed by atoms with Crippen LogP contribution >= 0.6 is 0 Å². The molecule has 0 atom stereocenters. The van der Waals surface area contributed by atoms with E-state index in [1.165, 1.54) is 6.21 Å². The number of rotatable bonds is 9. The van der Waals surface area contributed by atoms with Gasteiger partial charge in [-0.15, -0.1) is 0 Å². The standard InChI is InChI=1S/C33H27N5O2/c39-31-29-25(22-35-40-23-24-13-5-1-6-14-24)21-34-30(29)36-32(37-31)38-33(26-15-7-2-8-16-26,27-17-9-3-10-18-27)28-19-11-4-12-20-28/h1-22H,23H2,(H3,34,36,37,38,39). The average Bonchev–Trinajstić information content (AvgIpc) is 3.43. The first kappa shape index (κ1) is 24.9. The molecule has 196 valence electrons. The SMILES string of the molecule is O=c1[nH]c(NC(c2ccccc2)(c2ccccc2)c2ccccc2)nc2[nH]cc(C=NOCc3ccccc3)c12. The van der Waals surface area contributed by atoms with Crippen LogP contribution in [0.25, 0.3) is 11.0 Å². The van der Waals surface area contributed by atoms with Crippen LogP contribution in [0.4, 0.5) is 5.95 Å². The highest BCUT2D eigenvalue weighted by Crippen LogP contribution is 2.39. The van der Waals surface area contributed by atoms with Crippen molar-refractivity contribution in [2.75, 3.05) is 5.32 Å². The third-order valence-electron chi connectivity index (χ3n) is 6.84. The Morgan fingerprint density at radius 1 is 0.775 bits per heavy atom. The fraction of sp³-hybridized carbons (Fsp3) is 0.0606. The summed E-state index contributed by atoms with van der Waals surface area (Å²) in [4.78, 5) is 29.6. The molecule has 4 aromatic carbocycles. The Morgan fingerprint density at radius 3 is 1.85 bits per heavy atom. The Kier molecular flexibility index (Phi) is 6.92. The van der Waals surface area contributed by atoms with Crippen LogP contribution in [0.2, 0.25) is 0 Å². The number of anilines is 1. The molecule has 0 unspecified atom stereocenters. The second-order valence-electron chi connectivity index (χ2n) is 9.35. The smallest absolute Gasteiger partial charge is 0.262 e. The summed E-state index contributed by atoms with van der Waals surface area (Å²) in [6, 6.07) is 40.2. The fourth-order valence-corrected chi connectivity index (χ4v) is 4.96. The van der Waals surface area contributed by atoms with Crippen molar-refractivity contribution in [3.63, 3.8) is 0 Å². The van der Waals surface area contributed by atoms with E-state index in [0.717, 1.165) is 22.3 Å². The van der Waals surface area contributed by atoms with E-state index in [4.69, 9.17) is 9.82 Å². The number of aromatic nitrogens is 3. The summed E-state index contributed by atoms with van der Waals surface area (Å²) in [5, 5.41) is 8.07. The molecule has 0 aliphatic rings. The van der Waals surface area contributed by atoms with E-state index in [1.807, 2.05) is 84.9 Å². The average molecular weight is 526 g/mol. The maximum Gasteiger partial charge on any atom is 0.262 e. The van der Waals surface area contributed by atoms with E-state index in [1.54, 1.807) is 6.20 Å². The van der Waals surface area contributed by atoms with Crippen LogP contribution in [-0.4, -0.2) is 21.2 Å². The Balaban J connectivity index is 1.39. The molecule has 0 spiro atoms. The summed E-state index contributed by atoms with van der Waals surface area (Å²) in [5.41, 5.74) is 3.94. The van der Waals surface area contributed by atoms with Crippen LogP contribution in [0.5, 0.6) is 0 Å². The van der Waals surface area contributed by atoms with Gasteiger partial charge in [-0.1, -0.05) is 126 Å². The van der Waals surface area contributed by atoms with Crippen LogP contribution < -0.4 is 10.9 Å². The van der Waals surface area contributed by atoms with Crippen LogP contribution in [-0.2, 0) is 17.0 Å². The number of benzene rings is 4. The minimum Gasteiger partial charge on any atom is -0.391 e. The molecule has 3 N–H and O–H groups in total. The van der Waals surface area contributed by atoms with Gasteiger partial charge >= 0.3 is 0 Å². The van der Waals surface area contributed by atoms with Gasteiger partial charge in [0.2, 0.25) is 5.95 Å². The highest BCUT2D eigenvalue weighted by atomic mass is 16.6.